The molecule has 1 aliphatic heterocycles. The summed E-state index contributed by atoms with van der Waals surface area (Å²) < 4.78 is 10.5. The SMILES string of the molecule is CN=C(NCCNC(=O)c1cccc(OC)c1)N1CCN(c2cccc(OC)c2)CC1. The van der Waals surface area contributed by atoms with E-state index >= 15 is 0 Å². The van der Waals surface area contributed by atoms with Crippen LogP contribution >= 0.6 is 0 Å². The Bertz CT molecular complexity index is 894. The lowest BCUT2D eigenvalue weighted by Gasteiger charge is -2.37. The number of nitrogens with one attached hydrogen (secondary N) is 2. The van der Waals surface area contributed by atoms with Crippen molar-refractivity contribution in [1.29, 1.82) is 0 Å². The van der Waals surface area contributed by atoms with Crippen LogP contribution in [0.3, 0.4) is 0 Å². The third kappa shape index (κ3) is 6.04. The van der Waals surface area contributed by atoms with E-state index in [4.69, 9.17) is 9.47 Å². The Balaban J connectivity index is 1.43. The number of benzene rings is 2. The Kier molecular flexibility index (Phi) is 7.98. The van der Waals surface area contributed by atoms with E-state index in [1.54, 1.807) is 39.5 Å². The van der Waals surface area contributed by atoms with Crippen molar-refractivity contribution in [1.82, 2.24) is 15.5 Å². The molecule has 0 spiro atoms. The maximum atomic E-state index is 12.3. The van der Waals surface area contributed by atoms with Crippen molar-refractivity contribution >= 4 is 17.6 Å². The number of ether oxygens (including phenoxy) is 2. The number of rotatable bonds is 7. The van der Waals surface area contributed by atoms with Crippen LogP contribution < -0.4 is 25.0 Å². The zero-order valence-corrected chi connectivity index (χ0v) is 18.4. The van der Waals surface area contributed by atoms with Gasteiger partial charge >= 0.3 is 0 Å². The normalized spacial score (nSPS) is 14.2. The monoisotopic (exact) mass is 425 g/mol. The van der Waals surface area contributed by atoms with Crippen LogP contribution in [-0.4, -0.2) is 77.3 Å². The van der Waals surface area contributed by atoms with Crippen molar-refractivity contribution < 1.29 is 14.3 Å². The van der Waals surface area contributed by atoms with Crippen LogP contribution in [-0.2, 0) is 0 Å². The number of nitrogens with zero attached hydrogens (tertiary/aromatic N) is 3. The van der Waals surface area contributed by atoms with E-state index in [1.807, 2.05) is 18.2 Å². The molecule has 0 saturated carbocycles. The topological polar surface area (TPSA) is 78.4 Å². The molecule has 0 aliphatic carbocycles. The summed E-state index contributed by atoms with van der Waals surface area (Å²) in [5, 5.41) is 6.26. The Morgan fingerprint density at radius 3 is 2.26 bits per heavy atom. The minimum Gasteiger partial charge on any atom is -0.497 e. The summed E-state index contributed by atoms with van der Waals surface area (Å²) in [6, 6.07) is 15.3. The van der Waals surface area contributed by atoms with Crippen LogP contribution in [0.25, 0.3) is 0 Å². The number of guanidine groups is 1. The zero-order valence-electron chi connectivity index (χ0n) is 18.4. The predicted octanol–water partition coefficient (Wildman–Crippen LogP) is 1.83. The van der Waals surface area contributed by atoms with Gasteiger partial charge in [-0.2, -0.15) is 0 Å². The van der Waals surface area contributed by atoms with Crippen molar-refractivity contribution in [3.05, 3.63) is 54.1 Å². The van der Waals surface area contributed by atoms with Gasteiger partial charge in [-0.15, -0.1) is 0 Å². The van der Waals surface area contributed by atoms with E-state index in [1.165, 1.54) is 5.69 Å². The molecule has 166 valence electrons. The van der Waals surface area contributed by atoms with E-state index in [9.17, 15) is 4.79 Å². The number of carbonyl (C=O) groups is 1. The molecule has 1 saturated heterocycles. The number of hydrogen-bond donors (Lipinski definition) is 2. The lowest BCUT2D eigenvalue weighted by Crippen LogP contribution is -2.53. The average Bonchev–Trinajstić information content (AvgIpc) is 2.84. The second-order valence-corrected chi connectivity index (χ2v) is 7.14. The molecular formula is C23H31N5O3. The Morgan fingerprint density at radius 2 is 1.58 bits per heavy atom. The first-order valence-corrected chi connectivity index (χ1v) is 10.4. The summed E-state index contributed by atoms with van der Waals surface area (Å²) in [7, 11) is 5.06. The first-order valence-electron chi connectivity index (χ1n) is 10.4. The maximum absolute atomic E-state index is 12.3. The first-order chi connectivity index (χ1) is 15.1. The summed E-state index contributed by atoms with van der Waals surface area (Å²) >= 11 is 0. The van der Waals surface area contributed by atoms with Crippen LogP contribution in [0.1, 0.15) is 10.4 Å². The molecule has 1 aliphatic rings. The Hall–Kier alpha value is -3.42. The van der Waals surface area contributed by atoms with Crippen LogP contribution in [0.5, 0.6) is 11.5 Å². The third-order valence-corrected chi connectivity index (χ3v) is 5.24. The number of aliphatic imine (C=N–C) groups is 1. The Labute approximate surface area is 183 Å². The van der Waals surface area contributed by atoms with E-state index in [0.29, 0.717) is 24.4 Å². The van der Waals surface area contributed by atoms with Gasteiger partial charge in [0.25, 0.3) is 5.91 Å². The van der Waals surface area contributed by atoms with Crippen LogP contribution in [0, 0.1) is 0 Å². The molecule has 0 unspecified atom stereocenters. The highest BCUT2D eigenvalue weighted by Crippen LogP contribution is 2.22. The molecule has 1 heterocycles. The quantitative estimate of drug-likeness (QED) is 0.400. The van der Waals surface area contributed by atoms with E-state index < -0.39 is 0 Å². The van der Waals surface area contributed by atoms with E-state index in [2.05, 4.69) is 37.6 Å². The molecule has 2 aromatic rings. The number of amides is 1. The highest BCUT2D eigenvalue weighted by Gasteiger charge is 2.20. The second-order valence-electron chi connectivity index (χ2n) is 7.14. The average molecular weight is 426 g/mol. The van der Waals surface area contributed by atoms with Gasteiger partial charge in [0.1, 0.15) is 11.5 Å². The molecule has 0 atom stereocenters. The van der Waals surface area contributed by atoms with Crippen LogP contribution in [0.2, 0.25) is 0 Å². The Morgan fingerprint density at radius 1 is 0.935 bits per heavy atom. The summed E-state index contributed by atoms with van der Waals surface area (Å²) in [6.07, 6.45) is 0. The standard InChI is InChI=1S/C23H31N5O3/c1-24-23(26-11-10-25-22(29)18-6-4-8-20(16-18)30-2)28-14-12-27(13-15-28)19-7-5-9-21(17-19)31-3/h4-9,16-17H,10-15H2,1-3H3,(H,24,26)(H,25,29). The largest absolute Gasteiger partial charge is 0.497 e. The number of carbonyl (C=O) groups excluding carboxylic acids is 1. The van der Waals surface area contributed by atoms with Gasteiger partial charge < -0.3 is 29.9 Å². The van der Waals surface area contributed by atoms with Gasteiger partial charge in [-0.25, -0.2) is 0 Å². The van der Waals surface area contributed by atoms with Crippen molar-refractivity contribution in [2.75, 3.05) is 65.4 Å². The second kappa shape index (κ2) is 11.1. The van der Waals surface area contributed by atoms with Crippen LogP contribution in [0.4, 0.5) is 5.69 Å². The molecule has 2 N–H and O–H groups in total. The molecule has 2 aromatic carbocycles. The highest BCUT2D eigenvalue weighted by atomic mass is 16.5. The summed E-state index contributed by atoms with van der Waals surface area (Å²) in [5.41, 5.74) is 1.75. The first kappa shape index (κ1) is 22.3. The fourth-order valence-corrected chi connectivity index (χ4v) is 3.53. The van der Waals surface area contributed by atoms with Gasteiger partial charge in [0.2, 0.25) is 0 Å². The van der Waals surface area contributed by atoms with Crippen molar-refractivity contribution in [3.8, 4) is 11.5 Å². The number of hydrogen-bond acceptors (Lipinski definition) is 5. The summed E-state index contributed by atoms with van der Waals surface area (Å²) in [4.78, 5) is 21.3. The molecule has 8 nitrogen and oxygen atoms in total. The number of piperazine rings is 1. The molecule has 1 amide bonds. The lowest BCUT2D eigenvalue weighted by molar-refractivity contribution is 0.0954. The molecule has 0 aromatic heterocycles. The van der Waals surface area contributed by atoms with Gasteiger partial charge in [-0.05, 0) is 30.3 Å². The lowest BCUT2D eigenvalue weighted by atomic mass is 10.2. The predicted molar refractivity (Wildman–Crippen MR) is 123 cm³/mol. The molecular weight excluding hydrogens is 394 g/mol. The molecule has 1 fully saturated rings. The molecule has 0 radical (unpaired) electrons. The fourth-order valence-electron chi connectivity index (χ4n) is 3.53. The van der Waals surface area contributed by atoms with Crippen molar-refractivity contribution in [2.45, 2.75) is 0 Å². The zero-order chi connectivity index (χ0) is 22.1. The third-order valence-electron chi connectivity index (χ3n) is 5.24. The summed E-state index contributed by atoms with van der Waals surface area (Å²) in [5.74, 6) is 2.26. The van der Waals surface area contributed by atoms with Gasteiger partial charge in [-0.1, -0.05) is 12.1 Å². The number of anilines is 1. The van der Waals surface area contributed by atoms with Crippen molar-refractivity contribution in [3.63, 3.8) is 0 Å². The molecule has 0 bridgehead atoms. The van der Waals surface area contributed by atoms with E-state index in [0.717, 1.165) is 37.9 Å². The maximum Gasteiger partial charge on any atom is 0.251 e. The summed E-state index contributed by atoms with van der Waals surface area (Å²) in [6.45, 7) is 4.64. The molecule has 3 rings (SSSR count). The smallest absolute Gasteiger partial charge is 0.251 e. The molecule has 31 heavy (non-hydrogen) atoms. The minimum absolute atomic E-state index is 0.123. The van der Waals surface area contributed by atoms with Gasteiger partial charge in [0.05, 0.1) is 14.2 Å². The van der Waals surface area contributed by atoms with Gasteiger partial charge in [-0.3, -0.25) is 9.79 Å². The highest BCUT2D eigenvalue weighted by molar-refractivity contribution is 5.94. The number of methoxy groups -OCH3 is 2. The minimum atomic E-state index is -0.123. The van der Waals surface area contributed by atoms with E-state index in [-0.39, 0.29) is 5.91 Å². The van der Waals surface area contributed by atoms with Gasteiger partial charge in [0.15, 0.2) is 5.96 Å². The van der Waals surface area contributed by atoms with Crippen LogP contribution in [0.15, 0.2) is 53.5 Å². The fraction of sp³-hybridized carbons (Fsp3) is 0.391. The van der Waals surface area contributed by atoms with Gasteiger partial charge in [0, 0.05) is 63.6 Å². The molecule has 8 heteroatoms. The van der Waals surface area contributed by atoms with Crippen molar-refractivity contribution in [2.24, 2.45) is 4.99 Å².